The Morgan fingerprint density at radius 3 is 1.92 bits per heavy atom. The first-order chi connectivity index (χ1) is 12.2. The number of hydrogen-bond donors (Lipinski definition) is 0. The normalized spacial score (nSPS) is 18.9. The van der Waals surface area contributed by atoms with Gasteiger partial charge in [0.15, 0.2) is 0 Å². The van der Waals surface area contributed by atoms with Gasteiger partial charge in [-0.25, -0.2) is 0 Å². The monoisotopic (exact) mass is 338 g/mol. The van der Waals surface area contributed by atoms with Crippen LogP contribution in [0.4, 0.5) is 0 Å². The predicted molar refractivity (Wildman–Crippen MR) is 93.7 cm³/mol. The minimum Gasteiger partial charge on any atom is -0.466 e. The zero-order valence-corrected chi connectivity index (χ0v) is 14.3. The fourth-order valence-corrected chi connectivity index (χ4v) is 3.29. The van der Waals surface area contributed by atoms with Gasteiger partial charge in [-0.05, 0) is 36.5 Å². The summed E-state index contributed by atoms with van der Waals surface area (Å²) in [6.07, 6.45) is 1.02. The van der Waals surface area contributed by atoms with Gasteiger partial charge in [0.05, 0.1) is 18.4 Å². The molecule has 0 spiro atoms. The van der Waals surface area contributed by atoms with Crippen molar-refractivity contribution < 1.29 is 19.1 Å². The fourth-order valence-electron chi connectivity index (χ4n) is 3.29. The SMILES string of the molecule is CCOC(=O)[C@@H]1Cc2ccccc2C[C@H]1C(=O)OCc1ccccc1. The van der Waals surface area contributed by atoms with Crippen LogP contribution in [-0.2, 0) is 38.5 Å². The molecule has 0 amide bonds. The van der Waals surface area contributed by atoms with Gasteiger partial charge >= 0.3 is 11.9 Å². The van der Waals surface area contributed by atoms with Gasteiger partial charge in [-0.15, -0.1) is 0 Å². The lowest BCUT2D eigenvalue weighted by molar-refractivity contribution is -0.161. The highest BCUT2D eigenvalue weighted by molar-refractivity contribution is 5.83. The number of hydrogen-bond acceptors (Lipinski definition) is 4. The zero-order chi connectivity index (χ0) is 17.6. The van der Waals surface area contributed by atoms with E-state index >= 15 is 0 Å². The van der Waals surface area contributed by atoms with E-state index in [1.54, 1.807) is 6.92 Å². The van der Waals surface area contributed by atoms with Crippen LogP contribution in [0.3, 0.4) is 0 Å². The molecule has 3 rings (SSSR count). The molecule has 0 heterocycles. The van der Waals surface area contributed by atoms with Crippen molar-refractivity contribution >= 4 is 11.9 Å². The van der Waals surface area contributed by atoms with Gasteiger partial charge in [0.2, 0.25) is 0 Å². The smallest absolute Gasteiger partial charge is 0.310 e. The first-order valence-corrected chi connectivity index (χ1v) is 8.63. The van der Waals surface area contributed by atoms with Gasteiger partial charge in [-0.1, -0.05) is 54.6 Å². The molecule has 0 N–H and O–H groups in total. The Morgan fingerprint density at radius 2 is 1.36 bits per heavy atom. The van der Waals surface area contributed by atoms with Crippen molar-refractivity contribution in [3.8, 4) is 0 Å². The molecule has 4 nitrogen and oxygen atoms in total. The Balaban J connectivity index is 1.75. The van der Waals surface area contributed by atoms with Crippen LogP contribution in [0.5, 0.6) is 0 Å². The summed E-state index contributed by atoms with van der Waals surface area (Å²) in [6, 6.07) is 17.5. The molecule has 4 heteroatoms. The lowest BCUT2D eigenvalue weighted by Gasteiger charge is -2.30. The van der Waals surface area contributed by atoms with Crippen molar-refractivity contribution in [3.05, 3.63) is 71.3 Å². The van der Waals surface area contributed by atoms with E-state index in [1.807, 2.05) is 54.6 Å². The van der Waals surface area contributed by atoms with Gasteiger partial charge in [0.25, 0.3) is 0 Å². The summed E-state index contributed by atoms with van der Waals surface area (Å²) in [5.41, 5.74) is 3.14. The number of ether oxygens (including phenoxy) is 2. The number of benzene rings is 2. The molecule has 2 aromatic carbocycles. The van der Waals surface area contributed by atoms with Crippen molar-refractivity contribution in [2.75, 3.05) is 6.61 Å². The second kappa shape index (κ2) is 7.97. The van der Waals surface area contributed by atoms with E-state index in [0.29, 0.717) is 19.4 Å². The van der Waals surface area contributed by atoms with Crippen molar-refractivity contribution in [2.24, 2.45) is 11.8 Å². The largest absolute Gasteiger partial charge is 0.466 e. The average molecular weight is 338 g/mol. The summed E-state index contributed by atoms with van der Waals surface area (Å²) < 4.78 is 10.7. The van der Waals surface area contributed by atoms with Crippen molar-refractivity contribution in [1.29, 1.82) is 0 Å². The molecular weight excluding hydrogens is 316 g/mol. The van der Waals surface area contributed by atoms with Crippen LogP contribution in [-0.4, -0.2) is 18.5 Å². The molecule has 1 aliphatic carbocycles. The molecular formula is C21H22O4. The maximum Gasteiger partial charge on any atom is 0.310 e. The van der Waals surface area contributed by atoms with Crippen LogP contribution in [0.15, 0.2) is 54.6 Å². The van der Waals surface area contributed by atoms with E-state index in [-0.39, 0.29) is 18.5 Å². The third-order valence-electron chi connectivity index (χ3n) is 4.60. The summed E-state index contributed by atoms with van der Waals surface area (Å²) in [6.45, 7) is 2.30. The molecule has 0 aromatic heterocycles. The fraction of sp³-hybridized carbons (Fsp3) is 0.333. The summed E-state index contributed by atoms with van der Waals surface area (Å²) in [7, 11) is 0. The molecule has 0 fully saturated rings. The van der Waals surface area contributed by atoms with E-state index in [2.05, 4.69) is 0 Å². The van der Waals surface area contributed by atoms with E-state index in [0.717, 1.165) is 16.7 Å². The summed E-state index contributed by atoms with van der Waals surface area (Å²) in [5, 5.41) is 0. The molecule has 2 aromatic rings. The van der Waals surface area contributed by atoms with Crippen molar-refractivity contribution in [3.63, 3.8) is 0 Å². The molecule has 0 saturated heterocycles. The first-order valence-electron chi connectivity index (χ1n) is 8.63. The van der Waals surface area contributed by atoms with Gasteiger partial charge in [-0.3, -0.25) is 9.59 Å². The molecule has 0 radical (unpaired) electrons. The minimum atomic E-state index is -0.502. The van der Waals surface area contributed by atoms with Crippen LogP contribution in [0, 0.1) is 11.8 Å². The lowest BCUT2D eigenvalue weighted by Crippen LogP contribution is -2.38. The maximum atomic E-state index is 12.7. The minimum absolute atomic E-state index is 0.216. The van der Waals surface area contributed by atoms with Crippen LogP contribution in [0.2, 0.25) is 0 Å². The Labute approximate surface area is 147 Å². The summed E-state index contributed by atoms with van der Waals surface area (Å²) >= 11 is 0. The molecule has 0 unspecified atom stereocenters. The van der Waals surface area contributed by atoms with Crippen molar-refractivity contribution in [1.82, 2.24) is 0 Å². The molecule has 25 heavy (non-hydrogen) atoms. The van der Waals surface area contributed by atoms with E-state index < -0.39 is 11.8 Å². The molecule has 0 saturated carbocycles. The second-order valence-corrected chi connectivity index (χ2v) is 6.24. The Kier molecular flexibility index (Phi) is 5.49. The van der Waals surface area contributed by atoms with Crippen LogP contribution in [0.25, 0.3) is 0 Å². The van der Waals surface area contributed by atoms with E-state index in [1.165, 1.54) is 0 Å². The number of esters is 2. The number of carbonyl (C=O) groups is 2. The highest BCUT2D eigenvalue weighted by Crippen LogP contribution is 2.32. The topological polar surface area (TPSA) is 52.6 Å². The zero-order valence-electron chi connectivity index (χ0n) is 14.3. The number of carbonyl (C=O) groups excluding carboxylic acids is 2. The Bertz CT molecular complexity index is 739. The molecule has 2 atom stereocenters. The highest BCUT2D eigenvalue weighted by Gasteiger charge is 2.39. The Morgan fingerprint density at radius 1 is 0.840 bits per heavy atom. The highest BCUT2D eigenvalue weighted by atomic mass is 16.5. The quantitative estimate of drug-likeness (QED) is 0.785. The molecule has 0 aliphatic heterocycles. The summed E-state index contributed by atoms with van der Waals surface area (Å²) in [5.74, 6) is -1.65. The molecule has 130 valence electrons. The van der Waals surface area contributed by atoms with E-state index in [9.17, 15) is 9.59 Å². The second-order valence-electron chi connectivity index (χ2n) is 6.24. The van der Waals surface area contributed by atoms with Crippen LogP contribution >= 0.6 is 0 Å². The van der Waals surface area contributed by atoms with Crippen LogP contribution < -0.4 is 0 Å². The molecule has 0 bridgehead atoms. The third-order valence-corrected chi connectivity index (χ3v) is 4.60. The van der Waals surface area contributed by atoms with Gasteiger partial charge in [0, 0.05) is 0 Å². The number of fused-ring (bicyclic) bond motifs is 1. The standard InChI is InChI=1S/C21H22O4/c1-2-24-20(22)18-12-16-10-6-7-11-17(16)13-19(18)21(23)25-14-15-8-4-3-5-9-15/h3-11,18-19H,2,12-14H2,1H3/t18-,19-/m1/s1. The Hall–Kier alpha value is -2.62. The lowest BCUT2D eigenvalue weighted by atomic mass is 9.76. The summed E-state index contributed by atoms with van der Waals surface area (Å²) in [4.78, 5) is 25.0. The van der Waals surface area contributed by atoms with Crippen molar-refractivity contribution in [2.45, 2.75) is 26.4 Å². The van der Waals surface area contributed by atoms with Gasteiger partial charge in [0.1, 0.15) is 6.61 Å². The molecule has 1 aliphatic rings. The van der Waals surface area contributed by atoms with Gasteiger partial charge < -0.3 is 9.47 Å². The predicted octanol–water partition coefficient (Wildman–Crippen LogP) is 3.32. The van der Waals surface area contributed by atoms with E-state index in [4.69, 9.17) is 9.47 Å². The number of rotatable bonds is 5. The first kappa shape index (κ1) is 17.2. The van der Waals surface area contributed by atoms with Crippen LogP contribution in [0.1, 0.15) is 23.6 Å². The maximum absolute atomic E-state index is 12.7. The third kappa shape index (κ3) is 4.08. The average Bonchev–Trinajstić information content (AvgIpc) is 2.66. The van der Waals surface area contributed by atoms with Gasteiger partial charge in [-0.2, -0.15) is 0 Å².